The van der Waals surface area contributed by atoms with Gasteiger partial charge in [-0.05, 0) is 55.2 Å². The first-order valence-electron chi connectivity index (χ1n) is 10.1. The van der Waals surface area contributed by atoms with Crippen LogP contribution in [0.5, 0.6) is 0 Å². The summed E-state index contributed by atoms with van der Waals surface area (Å²) in [7, 11) is 0. The van der Waals surface area contributed by atoms with Gasteiger partial charge in [0.05, 0.1) is 12.5 Å². The fourth-order valence-corrected chi connectivity index (χ4v) is 3.69. The molecule has 1 atom stereocenters. The lowest BCUT2D eigenvalue weighted by Crippen LogP contribution is -2.45. The van der Waals surface area contributed by atoms with Crippen LogP contribution in [0.4, 0.5) is 0 Å². The molecular weight excluding hydrogens is 388 g/mol. The third-order valence-electron chi connectivity index (χ3n) is 5.20. The van der Waals surface area contributed by atoms with Crippen LogP contribution < -0.4 is 5.32 Å². The Hall–Kier alpha value is -2.37. The molecule has 1 fully saturated rings. The molecule has 6 heteroatoms. The summed E-state index contributed by atoms with van der Waals surface area (Å²) in [5, 5.41) is 3.64. The van der Waals surface area contributed by atoms with Crippen molar-refractivity contribution < 1.29 is 14.3 Å². The maximum Gasteiger partial charge on any atom is 0.253 e. The number of hydrogen-bond donors (Lipinski definition) is 1. The van der Waals surface area contributed by atoms with Crippen LogP contribution in [0.1, 0.15) is 41.3 Å². The second-order valence-corrected chi connectivity index (χ2v) is 7.66. The van der Waals surface area contributed by atoms with Crippen LogP contribution in [0, 0.1) is 5.92 Å². The highest BCUT2D eigenvalue weighted by molar-refractivity contribution is 6.30. The van der Waals surface area contributed by atoms with Crippen molar-refractivity contribution in [2.45, 2.75) is 32.9 Å². The zero-order chi connectivity index (χ0) is 20.6. The lowest BCUT2D eigenvalue weighted by molar-refractivity contribution is -0.126. The summed E-state index contributed by atoms with van der Waals surface area (Å²) in [5.41, 5.74) is 2.73. The van der Waals surface area contributed by atoms with E-state index >= 15 is 0 Å². The second-order valence-electron chi connectivity index (χ2n) is 7.22. The molecule has 1 aliphatic rings. The summed E-state index contributed by atoms with van der Waals surface area (Å²) in [6.45, 7) is 4.72. The van der Waals surface area contributed by atoms with E-state index in [1.807, 2.05) is 31.2 Å². The van der Waals surface area contributed by atoms with Gasteiger partial charge in [-0.1, -0.05) is 35.9 Å². The Morgan fingerprint density at radius 1 is 1.14 bits per heavy atom. The fraction of sp³-hybridized carbons (Fsp3) is 0.391. The van der Waals surface area contributed by atoms with Gasteiger partial charge in [0.1, 0.15) is 0 Å². The van der Waals surface area contributed by atoms with E-state index in [1.165, 1.54) is 0 Å². The Bertz CT molecular complexity index is 838. The number of piperidine rings is 1. The SMILES string of the molecule is CCOCc1ccccc1CNC(=O)C1CCCN(C(=O)c2ccc(Cl)cc2)C1. The molecule has 2 aromatic carbocycles. The van der Waals surface area contributed by atoms with Crippen molar-refractivity contribution in [2.24, 2.45) is 5.92 Å². The molecule has 1 saturated heterocycles. The molecule has 2 amide bonds. The Morgan fingerprint density at radius 3 is 2.59 bits per heavy atom. The molecule has 154 valence electrons. The monoisotopic (exact) mass is 414 g/mol. The summed E-state index contributed by atoms with van der Waals surface area (Å²) in [6, 6.07) is 14.8. The Balaban J connectivity index is 1.57. The zero-order valence-corrected chi connectivity index (χ0v) is 17.5. The van der Waals surface area contributed by atoms with Crippen LogP contribution in [0.25, 0.3) is 0 Å². The number of likely N-dealkylation sites (tertiary alicyclic amines) is 1. The highest BCUT2D eigenvalue weighted by Gasteiger charge is 2.28. The molecule has 1 N–H and O–H groups in total. The van der Waals surface area contributed by atoms with E-state index in [0.29, 0.717) is 43.4 Å². The van der Waals surface area contributed by atoms with Gasteiger partial charge in [-0.15, -0.1) is 0 Å². The Morgan fingerprint density at radius 2 is 1.86 bits per heavy atom. The first-order chi connectivity index (χ1) is 14.1. The summed E-state index contributed by atoms with van der Waals surface area (Å²) in [6.07, 6.45) is 1.61. The maximum atomic E-state index is 12.7. The van der Waals surface area contributed by atoms with Gasteiger partial charge < -0.3 is 15.0 Å². The number of nitrogens with zero attached hydrogens (tertiary/aromatic N) is 1. The van der Waals surface area contributed by atoms with Crippen molar-refractivity contribution in [3.05, 3.63) is 70.2 Å². The van der Waals surface area contributed by atoms with Gasteiger partial charge in [0.15, 0.2) is 0 Å². The standard InChI is InChI=1S/C23H27ClN2O3/c1-2-29-16-20-7-4-3-6-18(20)14-25-22(27)19-8-5-13-26(15-19)23(28)17-9-11-21(24)12-10-17/h3-4,6-7,9-12,19H,2,5,8,13-16H2,1H3,(H,25,27). The number of rotatable bonds is 7. The Labute approximate surface area is 177 Å². The molecule has 1 aliphatic heterocycles. The minimum Gasteiger partial charge on any atom is -0.377 e. The van der Waals surface area contributed by atoms with E-state index in [1.54, 1.807) is 29.2 Å². The summed E-state index contributed by atoms with van der Waals surface area (Å²) >= 11 is 5.91. The minimum atomic E-state index is -0.195. The average Bonchev–Trinajstić information content (AvgIpc) is 2.76. The third kappa shape index (κ3) is 5.81. The minimum absolute atomic E-state index is 0.00943. The van der Waals surface area contributed by atoms with Crippen LogP contribution in [0.15, 0.2) is 48.5 Å². The number of carbonyl (C=O) groups excluding carboxylic acids is 2. The lowest BCUT2D eigenvalue weighted by Gasteiger charge is -2.32. The quantitative estimate of drug-likeness (QED) is 0.743. The molecule has 3 rings (SSSR count). The van der Waals surface area contributed by atoms with Crippen molar-refractivity contribution in [3.8, 4) is 0 Å². The number of halogens is 1. The highest BCUT2D eigenvalue weighted by Crippen LogP contribution is 2.20. The topological polar surface area (TPSA) is 58.6 Å². The van der Waals surface area contributed by atoms with Crippen molar-refractivity contribution >= 4 is 23.4 Å². The molecule has 5 nitrogen and oxygen atoms in total. The molecule has 0 saturated carbocycles. The second kappa shape index (κ2) is 10.4. The van der Waals surface area contributed by atoms with E-state index in [9.17, 15) is 9.59 Å². The summed E-state index contributed by atoms with van der Waals surface area (Å²) in [4.78, 5) is 27.3. The van der Waals surface area contributed by atoms with Gasteiger partial charge in [0.25, 0.3) is 5.91 Å². The molecular formula is C23H27ClN2O3. The van der Waals surface area contributed by atoms with Crippen molar-refractivity contribution in [1.82, 2.24) is 10.2 Å². The van der Waals surface area contributed by atoms with Crippen molar-refractivity contribution in [1.29, 1.82) is 0 Å². The van der Waals surface area contributed by atoms with Crippen molar-refractivity contribution in [3.63, 3.8) is 0 Å². The van der Waals surface area contributed by atoms with Gasteiger partial charge in [-0.3, -0.25) is 9.59 Å². The van der Waals surface area contributed by atoms with E-state index in [0.717, 1.165) is 24.0 Å². The normalized spacial score (nSPS) is 16.5. The molecule has 2 aromatic rings. The third-order valence-corrected chi connectivity index (χ3v) is 5.46. The number of hydrogen-bond acceptors (Lipinski definition) is 3. The number of carbonyl (C=O) groups is 2. The first-order valence-corrected chi connectivity index (χ1v) is 10.4. The van der Waals surface area contributed by atoms with E-state index in [4.69, 9.17) is 16.3 Å². The number of ether oxygens (including phenoxy) is 1. The largest absolute Gasteiger partial charge is 0.377 e. The summed E-state index contributed by atoms with van der Waals surface area (Å²) < 4.78 is 5.51. The maximum absolute atomic E-state index is 12.7. The van der Waals surface area contributed by atoms with Crippen LogP contribution in [0.3, 0.4) is 0 Å². The van der Waals surface area contributed by atoms with E-state index < -0.39 is 0 Å². The molecule has 0 bridgehead atoms. The molecule has 29 heavy (non-hydrogen) atoms. The van der Waals surface area contributed by atoms with Crippen LogP contribution >= 0.6 is 11.6 Å². The van der Waals surface area contributed by atoms with Gasteiger partial charge in [-0.2, -0.15) is 0 Å². The van der Waals surface area contributed by atoms with Gasteiger partial charge in [0, 0.05) is 36.8 Å². The Kier molecular flexibility index (Phi) is 7.67. The van der Waals surface area contributed by atoms with E-state index in [-0.39, 0.29) is 17.7 Å². The van der Waals surface area contributed by atoms with Crippen LogP contribution in [0.2, 0.25) is 5.02 Å². The van der Waals surface area contributed by atoms with Crippen molar-refractivity contribution in [2.75, 3.05) is 19.7 Å². The van der Waals surface area contributed by atoms with E-state index in [2.05, 4.69) is 5.32 Å². The predicted octanol–water partition coefficient (Wildman–Crippen LogP) is 4.05. The molecule has 0 aliphatic carbocycles. The molecule has 1 unspecified atom stereocenters. The first kappa shape index (κ1) is 21.3. The molecule has 0 spiro atoms. The smallest absolute Gasteiger partial charge is 0.253 e. The molecule has 1 heterocycles. The highest BCUT2D eigenvalue weighted by atomic mass is 35.5. The fourth-order valence-electron chi connectivity index (χ4n) is 3.56. The number of nitrogens with one attached hydrogen (secondary N) is 1. The van der Waals surface area contributed by atoms with Crippen LogP contribution in [-0.4, -0.2) is 36.4 Å². The number of amides is 2. The zero-order valence-electron chi connectivity index (χ0n) is 16.7. The summed E-state index contributed by atoms with van der Waals surface area (Å²) in [5.74, 6) is -0.259. The van der Waals surface area contributed by atoms with Gasteiger partial charge in [-0.25, -0.2) is 0 Å². The van der Waals surface area contributed by atoms with Gasteiger partial charge in [0.2, 0.25) is 5.91 Å². The lowest BCUT2D eigenvalue weighted by atomic mass is 9.96. The predicted molar refractivity (Wildman–Crippen MR) is 114 cm³/mol. The van der Waals surface area contributed by atoms with Gasteiger partial charge >= 0.3 is 0 Å². The average molecular weight is 415 g/mol. The molecule has 0 radical (unpaired) electrons. The number of benzene rings is 2. The molecule has 0 aromatic heterocycles. The van der Waals surface area contributed by atoms with Crippen LogP contribution in [-0.2, 0) is 22.7 Å².